The molecule has 4 nitrogen and oxygen atoms in total. The summed E-state index contributed by atoms with van der Waals surface area (Å²) in [7, 11) is 0. The fraction of sp³-hybridized carbons (Fsp3) is 0.176. The Morgan fingerprint density at radius 3 is 3.00 bits per heavy atom. The van der Waals surface area contributed by atoms with Gasteiger partial charge in [-0.1, -0.05) is 12.1 Å². The Labute approximate surface area is 125 Å². The quantitative estimate of drug-likeness (QED) is 0.744. The first-order chi connectivity index (χ1) is 10.6. The Morgan fingerprint density at radius 2 is 2.18 bits per heavy atom. The van der Waals surface area contributed by atoms with Gasteiger partial charge in [0.25, 0.3) is 0 Å². The lowest BCUT2D eigenvalue weighted by molar-refractivity contribution is 0.470. The highest BCUT2D eigenvalue weighted by Gasteiger charge is 2.20. The number of aryl methyl sites for hydroxylation is 2. The van der Waals surface area contributed by atoms with Gasteiger partial charge < -0.3 is 9.40 Å². The second kappa shape index (κ2) is 4.66. The zero-order chi connectivity index (χ0) is 15.3. The fourth-order valence-corrected chi connectivity index (χ4v) is 2.79. The van der Waals surface area contributed by atoms with Crippen molar-refractivity contribution in [3.05, 3.63) is 57.4 Å². The first-order valence-electron chi connectivity index (χ1n) is 7.10. The standard InChI is InChI=1S/C17H13FN2O2/c1-9-3-2-4-13-15(9)20-17(19-13)12-8-22-14-6-5-10(18)7-11(14)16(12)21/h2-4,7-8H,5-6H2,1H3,(H,19,20). The van der Waals surface area contributed by atoms with Crippen LogP contribution in [-0.4, -0.2) is 9.97 Å². The van der Waals surface area contributed by atoms with Gasteiger partial charge in [0, 0.05) is 12.8 Å². The number of fused-ring (bicyclic) bond motifs is 2. The first-order valence-corrected chi connectivity index (χ1v) is 7.10. The van der Waals surface area contributed by atoms with E-state index in [0.29, 0.717) is 29.1 Å². The first kappa shape index (κ1) is 13.0. The third-order valence-corrected chi connectivity index (χ3v) is 3.97. The maximum Gasteiger partial charge on any atom is 0.203 e. The van der Waals surface area contributed by atoms with Crippen LogP contribution < -0.4 is 5.43 Å². The van der Waals surface area contributed by atoms with Gasteiger partial charge in [0.15, 0.2) is 0 Å². The number of imidazole rings is 1. The van der Waals surface area contributed by atoms with E-state index in [-0.39, 0.29) is 17.7 Å². The third kappa shape index (κ3) is 1.89. The Hall–Kier alpha value is -2.69. The number of halogens is 1. The highest BCUT2D eigenvalue weighted by molar-refractivity contribution is 5.82. The molecule has 1 aromatic carbocycles. The van der Waals surface area contributed by atoms with Gasteiger partial charge in [0.05, 0.1) is 16.6 Å². The molecule has 4 rings (SSSR count). The second-order valence-corrected chi connectivity index (χ2v) is 5.46. The summed E-state index contributed by atoms with van der Waals surface area (Å²) < 4.78 is 19.0. The van der Waals surface area contributed by atoms with Gasteiger partial charge in [0.1, 0.15) is 29.2 Å². The van der Waals surface area contributed by atoms with Crippen LogP contribution in [0.3, 0.4) is 0 Å². The average molecular weight is 296 g/mol. The molecule has 0 amide bonds. The molecule has 0 bridgehead atoms. The van der Waals surface area contributed by atoms with E-state index in [4.69, 9.17) is 4.42 Å². The van der Waals surface area contributed by atoms with Gasteiger partial charge in [-0.15, -0.1) is 0 Å². The van der Waals surface area contributed by atoms with Gasteiger partial charge in [-0.25, -0.2) is 9.37 Å². The van der Waals surface area contributed by atoms with Crippen LogP contribution >= 0.6 is 0 Å². The fourth-order valence-electron chi connectivity index (χ4n) is 2.79. The molecule has 110 valence electrons. The summed E-state index contributed by atoms with van der Waals surface area (Å²) in [6.07, 6.45) is 3.36. The van der Waals surface area contributed by atoms with E-state index < -0.39 is 0 Å². The summed E-state index contributed by atoms with van der Waals surface area (Å²) >= 11 is 0. The van der Waals surface area contributed by atoms with Crippen molar-refractivity contribution in [2.75, 3.05) is 0 Å². The molecule has 3 aromatic rings. The van der Waals surface area contributed by atoms with Crippen LogP contribution in [0.4, 0.5) is 4.39 Å². The minimum atomic E-state index is -0.294. The lowest BCUT2D eigenvalue weighted by atomic mass is 10.0. The molecule has 0 saturated heterocycles. The lowest BCUT2D eigenvalue weighted by Gasteiger charge is -2.10. The van der Waals surface area contributed by atoms with Crippen molar-refractivity contribution in [3.63, 3.8) is 0 Å². The van der Waals surface area contributed by atoms with Crippen molar-refractivity contribution in [1.29, 1.82) is 0 Å². The number of hydrogen-bond donors (Lipinski definition) is 1. The van der Waals surface area contributed by atoms with Gasteiger partial charge in [0.2, 0.25) is 5.43 Å². The molecule has 5 heteroatoms. The smallest absolute Gasteiger partial charge is 0.203 e. The predicted octanol–water partition coefficient (Wildman–Crippen LogP) is 3.75. The highest BCUT2D eigenvalue weighted by atomic mass is 19.1. The van der Waals surface area contributed by atoms with Crippen molar-refractivity contribution in [2.24, 2.45) is 0 Å². The van der Waals surface area contributed by atoms with Crippen LogP contribution in [0, 0.1) is 6.92 Å². The van der Waals surface area contributed by atoms with Gasteiger partial charge in [-0.3, -0.25) is 4.79 Å². The number of para-hydroxylation sites is 1. The molecule has 0 unspecified atom stereocenters. The number of hydrogen-bond acceptors (Lipinski definition) is 3. The van der Waals surface area contributed by atoms with Crippen molar-refractivity contribution in [1.82, 2.24) is 9.97 Å². The van der Waals surface area contributed by atoms with Crippen molar-refractivity contribution >= 4 is 17.1 Å². The Morgan fingerprint density at radius 1 is 1.32 bits per heavy atom. The van der Waals surface area contributed by atoms with Crippen LogP contribution in [0.25, 0.3) is 28.5 Å². The van der Waals surface area contributed by atoms with E-state index >= 15 is 0 Å². The predicted molar refractivity (Wildman–Crippen MR) is 82.2 cm³/mol. The van der Waals surface area contributed by atoms with Gasteiger partial charge in [-0.05, 0) is 24.6 Å². The molecule has 1 aliphatic rings. The van der Waals surface area contributed by atoms with Crippen LogP contribution in [0.1, 0.15) is 23.3 Å². The van der Waals surface area contributed by atoms with E-state index in [0.717, 1.165) is 16.6 Å². The summed E-state index contributed by atoms with van der Waals surface area (Å²) in [6.45, 7) is 1.96. The Balaban J connectivity index is 1.95. The number of benzene rings is 1. The zero-order valence-electron chi connectivity index (χ0n) is 11.9. The normalized spacial score (nSPS) is 14.0. The molecular formula is C17H13FN2O2. The topological polar surface area (TPSA) is 58.9 Å². The minimum absolute atomic E-state index is 0.257. The number of nitrogens with zero attached hydrogens (tertiary/aromatic N) is 1. The SMILES string of the molecule is Cc1cccc2[nH]c(-c3coc4c(c3=O)C=C(F)CC4)nc12. The molecule has 0 aliphatic heterocycles. The van der Waals surface area contributed by atoms with Crippen LogP contribution in [0.2, 0.25) is 0 Å². The minimum Gasteiger partial charge on any atom is -0.468 e. The Kier molecular flexibility index (Phi) is 2.76. The number of rotatable bonds is 1. The van der Waals surface area contributed by atoms with Crippen LogP contribution in [0.5, 0.6) is 0 Å². The molecule has 2 aromatic heterocycles. The summed E-state index contributed by atoms with van der Waals surface area (Å²) in [5.41, 5.74) is 3.05. The Bertz CT molecular complexity index is 982. The van der Waals surface area contributed by atoms with Crippen LogP contribution in [0.15, 0.2) is 39.5 Å². The van der Waals surface area contributed by atoms with Crippen LogP contribution in [-0.2, 0) is 6.42 Å². The maximum absolute atomic E-state index is 13.5. The summed E-state index contributed by atoms with van der Waals surface area (Å²) in [4.78, 5) is 20.2. The number of H-pyrrole nitrogens is 1. The second-order valence-electron chi connectivity index (χ2n) is 5.46. The monoisotopic (exact) mass is 296 g/mol. The van der Waals surface area contributed by atoms with Gasteiger partial charge >= 0.3 is 0 Å². The van der Waals surface area contributed by atoms with Crippen molar-refractivity contribution < 1.29 is 8.81 Å². The van der Waals surface area contributed by atoms with Crippen molar-refractivity contribution in [3.8, 4) is 11.4 Å². The average Bonchev–Trinajstić information content (AvgIpc) is 2.93. The summed E-state index contributed by atoms with van der Waals surface area (Å²) in [6, 6.07) is 5.78. The number of allylic oxidation sites excluding steroid dienone is 1. The van der Waals surface area contributed by atoms with E-state index in [1.807, 2.05) is 25.1 Å². The zero-order valence-corrected chi connectivity index (χ0v) is 11.9. The molecule has 0 fully saturated rings. The molecule has 22 heavy (non-hydrogen) atoms. The largest absolute Gasteiger partial charge is 0.468 e. The molecule has 2 heterocycles. The lowest BCUT2D eigenvalue weighted by Crippen LogP contribution is -2.14. The van der Waals surface area contributed by atoms with E-state index in [9.17, 15) is 9.18 Å². The molecule has 0 saturated carbocycles. The number of aromatic amines is 1. The molecule has 0 radical (unpaired) electrons. The van der Waals surface area contributed by atoms with Crippen molar-refractivity contribution in [2.45, 2.75) is 19.8 Å². The number of aromatic nitrogens is 2. The molecule has 1 aliphatic carbocycles. The summed E-state index contributed by atoms with van der Waals surface area (Å²) in [5, 5.41) is 0. The van der Waals surface area contributed by atoms with E-state index in [2.05, 4.69) is 9.97 Å². The highest BCUT2D eigenvalue weighted by Crippen LogP contribution is 2.26. The summed E-state index contributed by atoms with van der Waals surface area (Å²) in [5.74, 6) is 0.681. The molecule has 1 N–H and O–H groups in total. The maximum atomic E-state index is 13.5. The van der Waals surface area contributed by atoms with E-state index in [1.54, 1.807) is 0 Å². The third-order valence-electron chi connectivity index (χ3n) is 3.97. The molecular weight excluding hydrogens is 283 g/mol. The van der Waals surface area contributed by atoms with E-state index in [1.165, 1.54) is 12.3 Å². The molecule has 0 spiro atoms. The molecule has 0 atom stereocenters. The number of nitrogens with one attached hydrogen (secondary N) is 1. The van der Waals surface area contributed by atoms with Gasteiger partial charge in [-0.2, -0.15) is 0 Å².